The van der Waals surface area contributed by atoms with Gasteiger partial charge in [-0.2, -0.15) is 0 Å². The van der Waals surface area contributed by atoms with Crippen molar-refractivity contribution in [1.29, 1.82) is 0 Å². The van der Waals surface area contributed by atoms with Gasteiger partial charge in [0, 0.05) is 57.0 Å². The van der Waals surface area contributed by atoms with Crippen LogP contribution in [0.3, 0.4) is 0 Å². The third kappa shape index (κ3) is 3.13. The number of ether oxygens (including phenoxy) is 2. The molecule has 0 N–H and O–H groups in total. The average molecular weight is 354 g/mol. The van der Waals surface area contributed by atoms with Crippen molar-refractivity contribution in [2.75, 3.05) is 44.9 Å². The Morgan fingerprint density at radius 3 is 2.65 bits per heavy atom. The van der Waals surface area contributed by atoms with Crippen molar-refractivity contribution in [3.05, 3.63) is 36.3 Å². The SMILES string of the molecule is COCCc1ncc(-c2c(C)nc3c(N4CCOCC4)nccn23)cn1. The van der Waals surface area contributed by atoms with E-state index in [4.69, 9.17) is 14.5 Å². The van der Waals surface area contributed by atoms with Crippen molar-refractivity contribution < 1.29 is 9.47 Å². The van der Waals surface area contributed by atoms with Crippen molar-refractivity contribution in [1.82, 2.24) is 24.3 Å². The van der Waals surface area contributed by atoms with Crippen LogP contribution in [0.5, 0.6) is 0 Å². The van der Waals surface area contributed by atoms with Gasteiger partial charge in [-0.3, -0.25) is 4.40 Å². The molecule has 1 saturated heterocycles. The van der Waals surface area contributed by atoms with E-state index in [1.807, 2.05) is 31.7 Å². The Hall–Kier alpha value is -2.58. The Balaban J connectivity index is 1.72. The van der Waals surface area contributed by atoms with Crippen molar-refractivity contribution in [3.63, 3.8) is 0 Å². The molecule has 3 aromatic rings. The summed E-state index contributed by atoms with van der Waals surface area (Å²) in [6.07, 6.45) is 8.16. The van der Waals surface area contributed by atoms with E-state index in [1.54, 1.807) is 7.11 Å². The second-order valence-corrected chi connectivity index (χ2v) is 6.22. The minimum absolute atomic E-state index is 0.614. The van der Waals surface area contributed by atoms with Crippen molar-refractivity contribution in [3.8, 4) is 11.3 Å². The highest BCUT2D eigenvalue weighted by atomic mass is 16.5. The molecular formula is C18H22N6O2. The van der Waals surface area contributed by atoms with Crippen LogP contribution < -0.4 is 4.90 Å². The predicted octanol–water partition coefficient (Wildman–Crippen LogP) is 1.52. The molecule has 1 aliphatic rings. The maximum Gasteiger partial charge on any atom is 0.181 e. The Bertz CT molecular complexity index is 887. The quantitative estimate of drug-likeness (QED) is 0.687. The molecule has 0 amide bonds. The van der Waals surface area contributed by atoms with Gasteiger partial charge in [-0.15, -0.1) is 0 Å². The average Bonchev–Trinajstić information content (AvgIpc) is 3.03. The number of methoxy groups -OCH3 is 1. The molecule has 3 aromatic heterocycles. The summed E-state index contributed by atoms with van der Waals surface area (Å²) < 4.78 is 12.6. The molecule has 4 rings (SSSR count). The maximum absolute atomic E-state index is 5.45. The van der Waals surface area contributed by atoms with Crippen molar-refractivity contribution in [2.45, 2.75) is 13.3 Å². The summed E-state index contributed by atoms with van der Waals surface area (Å²) in [6, 6.07) is 0. The Morgan fingerprint density at radius 2 is 1.92 bits per heavy atom. The van der Waals surface area contributed by atoms with Gasteiger partial charge in [0.25, 0.3) is 0 Å². The first-order valence-electron chi connectivity index (χ1n) is 8.74. The molecule has 26 heavy (non-hydrogen) atoms. The topological polar surface area (TPSA) is 77.7 Å². The van der Waals surface area contributed by atoms with E-state index in [0.29, 0.717) is 26.2 Å². The lowest BCUT2D eigenvalue weighted by Gasteiger charge is -2.27. The van der Waals surface area contributed by atoms with Crippen molar-refractivity contribution >= 4 is 11.5 Å². The molecule has 8 heteroatoms. The van der Waals surface area contributed by atoms with Gasteiger partial charge in [0.15, 0.2) is 11.5 Å². The number of rotatable bonds is 5. The zero-order chi connectivity index (χ0) is 17.9. The second-order valence-electron chi connectivity index (χ2n) is 6.22. The van der Waals surface area contributed by atoms with Crippen LogP contribution in [0, 0.1) is 6.92 Å². The summed E-state index contributed by atoms with van der Waals surface area (Å²) in [5.74, 6) is 1.67. The van der Waals surface area contributed by atoms with Gasteiger partial charge in [-0.05, 0) is 6.92 Å². The third-order valence-electron chi connectivity index (χ3n) is 4.52. The molecule has 8 nitrogen and oxygen atoms in total. The fraction of sp³-hybridized carbons (Fsp3) is 0.444. The fourth-order valence-electron chi connectivity index (χ4n) is 3.22. The molecular weight excluding hydrogens is 332 g/mol. The molecule has 0 atom stereocenters. The predicted molar refractivity (Wildman–Crippen MR) is 97.4 cm³/mol. The molecule has 1 fully saturated rings. The first-order chi connectivity index (χ1) is 12.8. The zero-order valence-corrected chi connectivity index (χ0v) is 15.1. The molecule has 1 aliphatic heterocycles. The number of imidazole rings is 1. The Kier molecular flexibility index (Phi) is 4.77. The van der Waals surface area contributed by atoms with Gasteiger partial charge in [-0.1, -0.05) is 0 Å². The lowest BCUT2D eigenvalue weighted by molar-refractivity contribution is 0.122. The lowest BCUT2D eigenvalue weighted by atomic mass is 10.2. The number of aromatic nitrogens is 5. The summed E-state index contributed by atoms with van der Waals surface area (Å²) >= 11 is 0. The minimum Gasteiger partial charge on any atom is -0.384 e. The normalized spacial score (nSPS) is 14.9. The van der Waals surface area contributed by atoms with Crippen LogP contribution in [0.2, 0.25) is 0 Å². The number of fused-ring (bicyclic) bond motifs is 1. The van der Waals surface area contributed by atoms with E-state index in [9.17, 15) is 0 Å². The molecule has 4 heterocycles. The van der Waals surface area contributed by atoms with Crippen LogP contribution in [0.25, 0.3) is 16.9 Å². The lowest BCUT2D eigenvalue weighted by Crippen LogP contribution is -2.37. The maximum atomic E-state index is 5.45. The molecule has 0 saturated carbocycles. The highest BCUT2D eigenvalue weighted by Gasteiger charge is 2.20. The zero-order valence-electron chi connectivity index (χ0n) is 15.1. The van der Waals surface area contributed by atoms with E-state index in [-0.39, 0.29) is 0 Å². The molecule has 136 valence electrons. The molecule has 0 aliphatic carbocycles. The second kappa shape index (κ2) is 7.35. The molecule has 0 aromatic carbocycles. The number of anilines is 1. The summed E-state index contributed by atoms with van der Waals surface area (Å²) in [7, 11) is 1.68. The van der Waals surface area contributed by atoms with Crippen LogP contribution in [0.1, 0.15) is 11.5 Å². The van der Waals surface area contributed by atoms with E-state index in [1.165, 1.54) is 0 Å². The number of aryl methyl sites for hydroxylation is 1. The largest absolute Gasteiger partial charge is 0.384 e. The Labute approximate surface area is 151 Å². The summed E-state index contributed by atoms with van der Waals surface area (Å²) in [5.41, 5.74) is 3.72. The monoisotopic (exact) mass is 354 g/mol. The van der Waals surface area contributed by atoms with E-state index >= 15 is 0 Å². The molecule has 0 spiro atoms. The first kappa shape index (κ1) is 16.9. The van der Waals surface area contributed by atoms with Crippen LogP contribution in [0.15, 0.2) is 24.8 Å². The molecule has 0 unspecified atom stereocenters. The van der Waals surface area contributed by atoms with Gasteiger partial charge in [0.1, 0.15) is 5.82 Å². The third-order valence-corrected chi connectivity index (χ3v) is 4.52. The van der Waals surface area contributed by atoms with E-state index in [0.717, 1.165) is 47.3 Å². The fourth-order valence-corrected chi connectivity index (χ4v) is 3.22. The van der Waals surface area contributed by atoms with Gasteiger partial charge >= 0.3 is 0 Å². The van der Waals surface area contributed by atoms with Crippen molar-refractivity contribution in [2.24, 2.45) is 0 Å². The smallest absolute Gasteiger partial charge is 0.181 e. The van der Waals surface area contributed by atoms with Gasteiger partial charge in [-0.25, -0.2) is 19.9 Å². The number of hydrogen-bond acceptors (Lipinski definition) is 7. The number of hydrogen-bond donors (Lipinski definition) is 0. The molecule has 0 radical (unpaired) electrons. The van der Waals surface area contributed by atoms with Crippen LogP contribution in [-0.4, -0.2) is 64.4 Å². The van der Waals surface area contributed by atoms with Crippen LogP contribution in [-0.2, 0) is 15.9 Å². The van der Waals surface area contributed by atoms with E-state index in [2.05, 4.69) is 24.3 Å². The number of nitrogens with zero attached hydrogens (tertiary/aromatic N) is 6. The van der Waals surface area contributed by atoms with Crippen LogP contribution in [0.4, 0.5) is 5.82 Å². The summed E-state index contributed by atoms with van der Waals surface area (Å²) in [5, 5.41) is 0. The Morgan fingerprint density at radius 1 is 1.15 bits per heavy atom. The van der Waals surface area contributed by atoms with E-state index < -0.39 is 0 Å². The summed E-state index contributed by atoms with van der Waals surface area (Å²) in [6.45, 7) is 5.70. The number of morpholine rings is 1. The summed E-state index contributed by atoms with van der Waals surface area (Å²) in [4.78, 5) is 20.5. The van der Waals surface area contributed by atoms with Gasteiger partial charge in [0.2, 0.25) is 0 Å². The highest BCUT2D eigenvalue weighted by molar-refractivity contribution is 5.73. The minimum atomic E-state index is 0.614. The van der Waals surface area contributed by atoms with Gasteiger partial charge in [0.05, 0.1) is 31.2 Å². The first-order valence-corrected chi connectivity index (χ1v) is 8.74. The highest BCUT2D eigenvalue weighted by Crippen LogP contribution is 2.28. The standard InChI is InChI=1S/C18H22N6O2/c1-13-16(14-11-20-15(21-12-14)3-8-25-2)24-5-4-19-17(18(24)22-13)23-6-9-26-10-7-23/h4-5,11-12H,3,6-10H2,1-2H3. The molecule has 0 bridgehead atoms. The van der Waals surface area contributed by atoms with Gasteiger partial charge < -0.3 is 14.4 Å². The van der Waals surface area contributed by atoms with Crippen LogP contribution >= 0.6 is 0 Å².